The number of carbonyl (C=O) groups excluding carboxylic acids is 1. The number of hydrogen-bond donors (Lipinski definition) is 1. The van der Waals surface area contributed by atoms with Crippen LogP contribution in [-0.4, -0.2) is 28.4 Å². The molecule has 0 unspecified atom stereocenters. The van der Waals surface area contributed by atoms with E-state index in [4.69, 9.17) is 21.4 Å². The van der Waals surface area contributed by atoms with Crippen molar-refractivity contribution < 1.29 is 19.4 Å². The molecule has 0 fully saturated rings. The third kappa shape index (κ3) is 3.24. The second-order valence-electron chi connectivity index (χ2n) is 4.31. The minimum Gasteiger partial charge on any atom is -0.480 e. The van der Waals surface area contributed by atoms with Gasteiger partial charge in [0.25, 0.3) is 0 Å². The second-order valence-corrected chi connectivity index (χ2v) is 4.71. The van der Waals surface area contributed by atoms with Gasteiger partial charge in [-0.25, -0.2) is 9.78 Å². The van der Waals surface area contributed by atoms with Gasteiger partial charge < -0.3 is 9.84 Å². The fourth-order valence-corrected chi connectivity index (χ4v) is 2.02. The highest BCUT2D eigenvalue weighted by Crippen LogP contribution is 2.30. The number of aromatic nitrogens is 1. The van der Waals surface area contributed by atoms with Crippen LogP contribution in [0.4, 0.5) is 0 Å². The summed E-state index contributed by atoms with van der Waals surface area (Å²) in [5.74, 6) is -0.753. The highest BCUT2D eigenvalue weighted by atomic mass is 35.5. The molecule has 6 heteroatoms. The highest BCUT2D eigenvalue weighted by Gasteiger charge is 2.10. The Morgan fingerprint density at radius 1 is 1.30 bits per heavy atom. The minimum atomic E-state index is -1.08. The third-order valence-corrected chi connectivity index (χ3v) is 2.94. The predicted octanol–water partition coefficient (Wildman–Crippen LogP) is 2.48. The molecule has 0 aliphatic carbocycles. The van der Waals surface area contributed by atoms with Gasteiger partial charge in [0.05, 0.1) is 5.02 Å². The summed E-state index contributed by atoms with van der Waals surface area (Å²) in [5.41, 5.74) is 1.05. The molecule has 0 saturated heterocycles. The predicted molar refractivity (Wildman–Crippen MR) is 74.3 cm³/mol. The number of halogens is 1. The minimum absolute atomic E-state index is 0.00752. The molecule has 1 aromatic heterocycles. The molecule has 0 spiro atoms. The number of aliphatic carboxylic acids is 1. The molecular formula is C14H12ClNO4. The number of rotatable bonds is 5. The first-order valence-electron chi connectivity index (χ1n) is 5.89. The van der Waals surface area contributed by atoms with Gasteiger partial charge in [-0.05, 0) is 31.2 Å². The van der Waals surface area contributed by atoms with E-state index >= 15 is 0 Å². The Kier molecular flexibility index (Phi) is 4.20. The van der Waals surface area contributed by atoms with Crippen LogP contribution < -0.4 is 4.74 Å². The molecule has 20 heavy (non-hydrogen) atoms. The van der Waals surface area contributed by atoms with Gasteiger partial charge in [0.15, 0.2) is 6.61 Å². The van der Waals surface area contributed by atoms with E-state index in [1.165, 1.54) is 6.92 Å². The Hall–Kier alpha value is -2.14. The number of pyridine rings is 1. The monoisotopic (exact) mass is 293 g/mol. The lowest BCUT2D eigenvalue weighted by molar-refractivity contribution is -0.139. The first-order valence-corrected chi connectivity index (χ1v) is 6.27. The normalized spacial score (nSPS) is 10.5. The van der Waals surface area contributed by atoms with E-state index in [-0.39, 0.29) is 12.2 Å². The van der Waals surface area contributed by atoms with Crippen molar-refractivity contribution in [2.75, 3.05) is 6.61 Å². The average Bonchev–Trinajstić information content (AvgIpc) is 2.37. The molecule has 0 saturated carbocycles. The lowest BCUT2D eigenvalue weighted by Gasteiger charge is -2.09. The summed E-state index contributed by atoms with van der Waals surface area (Å²) in [4.78, 5) is 26.0. The topological polar surface area (TPSA) is 76.5 Å². The van der Waals surface area contributed by atoms with E-state index < -0.39 is 12.6 Å². The number of ketones is 1. The van der Waals surface area contributed by atoms with E-state index in [1.54, 1.807) is 24.3 Å². The molecule has 0 aliphatic heterocycles. The Bertz CT molecular complexity index is 684. The maximum Gasteiger partial charge on any atom is 0.341 e. The highest BCUT2D eigenvalue weighted by molar-refractivity contribution is 6.35. The van der Waals surface area contributed by atoms with Gasteiger partial charge in [0, 0.05) is 17.5 Å². The van der Waals surface area contributed by atoms with Crippen LogP contribution in [0.1, 0.15) is 12.6 Å². The largest absolute Gasteiger partial charge is 0.480 e. The first-order chi connectivity index (χ1) is 9.47. The molecule has 0 bridgehead atoms. The van der Waals surface area contributed by atoms with Crippen LogP contribution in [0.15, 0.2) is 24.3 Å². The number of carbonyl (C=O) groups is 2. The van der Waals surface area contributed by atoms with Crippen molar-refractivity contribution in [2.24, 2.45) is 0 Å². The Labute approximate surface area is 120 Å². The van der Waals surface area contributed by atoms with Crippen LogP contribution in [0.5, 0.6) is 5.75 Å². The number of carboxylic acids is 1. The summed E-state index contributed by atoms with van der Waals surface area (Å²) in [6.07, 6.45) is 0.209. The summed E-state index contributed by atoms with van der Waals surface area (Å²) in [5, 5.41) is 9.80. The lowest BCUT2D eigenvalue weighted by atomic mass is 10.1. The molecule has 0 amide bonds. The number of nitrogens with zero attached hydrogens (tertiary/aromatic N) is 1. The fourth-order valence-electron chi connectivity index (χ4n) is 1.81. The van der Waals surface area contributed by atoms with Crippen LogP contribution in [0.25, 0.3) is 10.9 Å². The molecule has 5 nitrogen and oxygen atoms in total. The van der Waals surface area contributed by atoms with Gasteiger partial charge in [-0.2, -0.15) is 0 Å². The zero-order valence-electron chi connectivity index (χ0n) is 10.7. The average molecular weight is 294 g/mol. The Morgan fingerprint density at radius 3 is 2.70 bits per heavy atom. The first kappa shape index (κ1) is 14.3. The van der Waals surface area contributed by atoms with E-state index in [1.807, 2.05) is 0 Å². The summed E-state index contributed by atoms with van der Waals surface area (Å²) >= 11 is 6.07. The third-order valence-electron chi connectivity index (χ3n) is 2.61. The van der Waals surface area contributed by atoms with Crippen molar-refractivity contribution in [3.63, 3.8) is 0 Å². The van der Waals surface area contributed by atoms with E-state index in [2.05, 4.69) is 4.98 Å². The van der Waals surface area contributed by atoms with Crippen molar-refractivity contribution in [1.82, 2.24) is 4.98 Å². The van der Waals surface area contributed by atoms with Gasteiger partial charge in [0.2, 0.25) is 0 Å². The van der Waals surface area contributed by atoms with Gasteiger partial charge in [0.1, 0.15) is 17.0 Å². The number of hydrogen-bond acceptors (Lipinski definition) is 4. The number of Topliss-reactive ketones (excluding diaryl/α,β-unsaturated/α-hetero) is 1. The molecule has 1 aromatic carbocycles. The van der Waals surface area contributed by atoms with E-state index in [0.717, 1.165) is 0 Å². The summed E-state index contributed by atoms with van der Waals surface area (Å²) < 4.78 is 5.19. The van der Waals surface area contributed by atoms with Crippen molar-refractivity contribution in [3.8, 4) is 5.75 Å². The van der Waals surface area contributed by atoms with Crippen molar-refractivity contribution in [2.45, 2.75) is 13.3 Å². The molecule has 104 valence electrons. The zero-order chi connectivity index (χ0) is 14.7. The van der Waals surface area contributed by atoms with Crippen molar-refractivity contribution >= 4 is 34.3 Å². The molecule has 0 atom stereocenters. The second kappa shape index (κ2) is 5.88. The molecule has 0 aliphatic rings. The summed E-state index contributed by atoms with van der Waals surface area (Å²) in [6, 6.07) is 6.65. The number of ether oxygens (including phenoxy) is 1. The van der Waals surface area contributed by atoms with Crippen LogP contribution in [0.3, 0.4) is 0 Å². The summed E-state index contributed by atoms with van der Waals surface area (Å²) in [7, 11) is 0. The number of fused-ring (bicyclic) bond motifs is 1. The molecule has 1 N–H and O–H groups in total. The molecule has 2 rings (SSSR count). The van der Waals surface area contributed by atoms with Crippen LogP contribution in [-0.2, 0) is 16.0 Å². The molecule has 0 radical (unpaired) electrons. The van der Waals surface area contributed by atoms with Gasteiger partial charge >= 0.3 is 5.97 Å². The standard InChI is InChI=1S/C14H12ClNO4/c1-8(17)6-9-2-3-10-11(15)4-5-12(14(10)16-9)20-7-13(18)19/h2-5H,6-7H2,1H3,(H,18,19). The number of benzene rings is 1. The van der Waals surface area contributed by atoms with Crippen LogP contribution in [0, 0.1) is 0 Å². The van der Waals surface area contributed by atoms with E-state index in [9.17, 15) is 9.59 Å². The van der Waals surface area contributed by atoms with Crippen LogP contribution in [0.2, 0.25) is 5.02 Å². The summed E-state index contributed by atoms with van der Waals surface area (Å²) in [6.45, 7) is 1.01. The fraction of sp³-hybridized carbons (Fsp3) is 0.214. The van der Waals surface area contributed by atoms with Gasteiger partial charge in [-0.3, -0.25) is 4.79 Å². The number of carboxylic acid groups (broad SMARTS) is 1. The van der Waals surface area contributed by atoms with Gasteiger partial charge in [-0.1, -0.05) is 11.6 Å². The molecule has 2 aromatic rings. The zero-order valence-corrected chi connectivity index (χ0v) is 11.5. The molecule has 1 heterocycles. The van der Waals surface area contributed by atoms with Crippen LogP contribution >= 0.6 is 11.6 Å². The van der Waals surface area contributed by atoms with E-state index in [0.29, 0.717) is 27.4 Å². The van der Waals surface area contributed by atoms with Crippen molar-refractivity contribution in [3.05, 3.63) is 35.0 Å². The Balaban J connectivity index is 2.48. The quantitative estimate of drug-likeness (QED) is 0.916. The van der Waals surface area contributed by atoms with Crippen molar-refractivity contribution in [1.29, 1.82) is 0 Å². The Morgan fingerprint density at radius 2 is 2.05 bits per heavy atom. The lowest BCUT2D eigenvalue weighted by Crippen LogP contribution is -2.10. The maximum absolute atomic E-state index is 11.1. The van der Waals surface area contributed by atoms with Gasteiger partial charge in [-0.15, -0.1) is 0 Å². The SMILES string of the molecule is CC(=O)Cc1ccc2c(Cl)ccc(OCC(=O)O)c2n1. The smallest absolute Gasteiger partial charge is 0.341 e. The maximum atomic E-state index is 11.1. The molecular weight excluding hydrogens is 282 g/mol.